The molecule has 4 aliphatic carbocycles. The summed E-state index contributed by atoms with van der Waals surface area (Å²) >= 11 is 6.72. The van der Waals surface area contributed by atoms with Gasteiger partial charge in [-0.05, 0) is 74.0 Å². The van der Waals surface area contributed by atoms with E-state index in [-0.39, 0.29) is 40.0 Å². The lowest BCUT2D eigenvalue weighted by Crippen LogP contribution is -2.51. The summed E-state index contributed by atoms with van der Waals surface area (Å²) in [7, 11) is 0. The number of Topliss-reactive ketones (excluding diaryl/α,β-unsaturated/α-hetero) is 1. The summed E-state index contributed by atoms with van der Waals surface area (Å²) in [6, 6.07) is 0. The second kappa shape index (κ2) is 6.61. The number of ether oxygens (including phenoxy) is 1. The average Bonchev–Trinajstić information content (AvgIpc) is 2.85. The monoisotopic (exact) mass is 392 g/mol. The lowest BCUT2D eigenvalue weighted by Gasteiger charge is -2.57. The van der Waals surface area contributed by atoms with Crippen LogP contribution in [0.2, 0.25) is 0 Å². The molecule has 4 aliphatic rings. The molecule has 0 radical (unpaired) electrons. The zero-order valence-electron chi connectivity index (χ0n) is 17.1. The molecule has 3 saturated carbocycles. The maximum absolute atomic E-state index is 12.4. The third-order valence-electron chi connectivity index (χ3n) is 8.82. The molecule has 8 atom stereocenters. The Kier molecular flexibility index (Phi) is 4.77. The van der Waals surface area contributed by atoms with Crippen molar-refractivity contribution in [3.05, 3.63) is 11.6 Å². The van der Waals surface area contributed by atoms with E-state index in [1.165, 1.54) is 18.9 Å². The van der Waals surface area contributed by atoms with E-state index in [9.17, 15) is 9.59 Å². The summed E-state index contributed by atoms with van der Waals surface area (Å²) < 4.78 is 5.53. The fraction of sp³-hybridized carbons (Fsp3) is 0.826. The first-order chi connectivity index (χ1) is 12.7. The van der Waals surface area contributed by atoms with E-state index in [1.54, 1.807) is 6.92 Å². The number of rotatable bonds is 2. The maximum atomic E-state index is 12.4. The van der Waals surface area contributed by atoms with Gasteiger partial charge in [0.25, 0.3) is 0 Å². The molecule has 27 heavy (non-hydrogen) atoms. The van der Waals surface area contributed by atoms with Crippen LogP contribution in [0.5, 0.6) is 0 Å². The molecule has 0 N–H and O–H groups in total. The predicted molar refractivity (Wildman–Crippen MR) is 106 cm³/mol. The van der Waals surface area contributed by atoms with Crippen molar-refractivity contribution in [2.75, 3.05) is 0 Å². The van der Waals surface area contributed by atoms with Gasteiger partial charge < -0.3 is 4.74 Å². The molecule has 0 aliphatic heterocycles. The second-order valence-electron chi connectivity index (χ2n) is 10.1. The molecular formula is C23H33ClO3. The number of alkyl halides is 1. The molecule has 0 bridgehead atoms. The van der Waals surface area contributed by atoms with E-state index in [4.69, 9.17) is 16.3 Å². The van der Waals surface area contributed by atoms with E-state index in [1.807, 2.05) is 0 Å². The number of carbonyl (C=O) groups is 2. The third-order valence-corrected chi connectivity index (χ3v) is 9.25. The van der Waals surface area contributed by atoms with Gasteiger partial charge in [0.1, 0.15) is 11.9 Å². The van der Waals surface area contributed by atoms with Crippen LogP contribution in [0.4, 0.5) is 0 Å². The van der Waals surface area contributed by atoms with Crippen LogP contribution < -0.4 is 0 Å². The molecule has 0 aromatic carbocycles. The zero-order chi connectivity index (χ0) is 19.6. The number of halogens is 1. The number of fused-ring (bicyclic) bond motifs is 5. The first kappa shape index (κ1) is 19.5. The minimum Gasteiger partial charge on any atom is -0.462 e. The first-order valence-electron chi connectivity index (χ1n) is 10.7. The Morgan fingerprint density at radius 3 is 2.56 bits per heavy atom. The van der Waals surface area contributed by atoms with E-state index in [2.05, 4.69) is 19.9 Å². The third kappa shape index (κ3) is 2.91. The Balaban J connectivity index is 1.61. The highest BCUT2D eigenvalue weighted by Crippen LogP contribution is 2.67. The van der Waals surface area contributed by atoms with E-state index in [0.29, 0.717) is 17.8 Å². The number of ketones is 1. The van der Waals surface area contributed by atoms with Crippen LogP contribution in [0.1, 0.15) is 72.6 Å². The Hall–Kier alpha value is -0.830. The molecule has 3 nitrogen and oxygen atoms in total. The summed E-state index contributed by atoms with van der Waals surface area (Å²) in [5, 5.41) is -0.00543. The Morgan fingerprint density at radius 1 is 1.15 bits per heavy atom. The van der Waals surface area contributed by atoms with Gasteiger partial charge in [-0.15, -0.1) is 11.6 Å². The lowest BCUT2D eigenvalue weighted by molar-refractivity contribution is -0.149. The standard InChI is InChI=1S/C23H33ClO3/c1-13(25)21-20(24)12-19-17-6-5-15-11-16(27-14(2)26)7-9-22(15,3)18(17)8-10-23(19,21)4/h5,16-21H,6-12H2,1-4H3/t16-,17-,18+,19-,20-,21-,22-,23-/m1/s1. The van der Waals surface area contributed by atoms with Gasteiger partial charge in [0.15, 0.2) is 0 Å². The van der Waals surface area contributed by atoms with Crippen molar-refractivity contribution in [2.24, 2.45) is 34.5 Å². The Morgan fingerprint density at radius 2 is 1.89 bits per heavy atom. The van der Waals surface area contributed by atoms with Crippen LogP contribution in [-0.4, -0.2) is 23.2 Å². The van der Waals surface area contributed by atoms with E-state index < -0.39 is 0 Å². The summed E-state index contributed by atoms with van der Waals surface area (Å²) in [5.41, 5.74) is 1.79. The SMILES string of the molecule is CC(=O)O[C@@H]1CC[C@]2(C)C(=CC[C@H]3[C@H]4C[C@@H](Cl)[C@@H](C(C)=O)[C@]4(C)CC[C@@H]32)C1. The maximum Gasteiger partial charge on any atom is 0.302 e. The molecule has 0 spiro atoms. The molecule has 0 saturated heterocycles. The first-order valence-corrected chi connectivity index (χ1v) is 11.1. The molecule has 0 heterocycles. The molecule has 4 rings (SSSR count). The highest BCUT2D eigenvalue weighted by molar-refractivity contribution is 6.22. The van der Waals surface area contributed by atoms with Gasteiger partial charge in [-0.3, -0.25) is 9.59 Å². The highest BCUT2D eigenvalue weighted by Gasteiger charge is 2.61. The van der Waals surface area contributed by atoms with Gasteiger partial charge in [-0.2, -0.15) is 0 Å². The van der Waals surface area contributed by atoms with E-state index >= 15 is 0 Å². The van der Waals surface area contributed by atoms with Crippen molar-refractivity contribution in [3.8, 4) is 0 Å². The fourth-order valence-corrected chi connectivity index (χ4v) is 8.31. The number of hydrogen-bond donors (Lipinski definition) is 0. The quantitative estimate of drug-likeness (QED) is 0.363. The van der Waals surface area contributed by atoms with E-state index in [0.717, 1.165) is 38.5 Å². The van der Waals surface area contributed by atoms with Crippen molar-refractivity contribution in [1.82, 2.24) is 0 Å². The summed E-state index contributed by atoms with van der Waals surface area (Å²) in [6.07, 6.45) is 9.85. The molecule has 0 amide bonds. The number of carbonyl (C=O) groups excluding carboxylic acids is 2. The fourth-order valence-electron chi connectivity index (χ4n) is 7.65. The Labute approximate surface area is 168 Å². The smallest absolute Gasteiger partial charge is 0.302 e. The molecule has 0 unspecified atom stereocenters. The predicted octanol–water partition coefficient (Wildman–Crippen LogP) is 5.30. The topological polar surface area (TPSA) is 43.4 Å². The van der Waals surface area contributed by atoms with Gasteiger partial charge in [-0.1, -0.05) is 25.5 Å². The van der Waals surface area contributed by atoms with Gasteiger partial charge in [0.05, 0.1) is 0 Å². The van der Waals surface area contributed by atoms with Crippen molar-refractivity contribution >= 4 is 23.4 Å². The second-order valence-corrected chi connectivity index (χ2v) is 10.7. The lowest BCUT2D eigenvalue weighted by atomic mass is 9.47. The van der Waals surface area contributed by atoms with Crippen LogP contribution in [0.3, 0.4) is 0 Å². The molecule has 0 aromatic rings. The van der Waals surface area contributed by atoms with Crippen molar-refractivity contribution in [3.63, 3.8) is 0 Å². The van der Waals surface area contributed by atoms with Gasteiger partial charge in [0.2, 0.25) is 0 Å². The van der Waals surface area contributed by atoms with Crippen molar-refractivity contribution in [2.45, 2.75) is 84.1 Å². The van der Waals surface area contributed by atoms with Crippen LogP contribution in [0.15, 0.2) is 11.6 Å². The largest absolute Gasteiger partial charge is 0.462 e. The van der Waals surface area contributed by atoms with Gasteiger partial charge in [-0.25, -0.2) is 0 Å². The summed E-state index contributed by atoms with van der Waals surface area (Å²) in [5.74, 6) is 1.98. The minimum atomic E-state index is -0.166. The minimum absolute atomic E-state index is 0.00543. The van der Waals surface area contributed by atoms with Crippen LogP contribution in [-0.2, 0) is 14.3 Å². The normalized spacial score (nSPS) is 48.7. The molecule has 4 heteroatoms. The average molecular weight is 393 g/mol. The summed E-state index contributed by atoms with van der Waals surface area (Å²) in [4.78, 5) is 23.7. The zero-order valence-corrected chi connectivity index (χ0v) is 17.8. The molecule has 3 fully saturated rings. The molecule has 0 aromatic heterocycles. The molecular weight excluding hydrogens is 360 g/mol. The number of allylic oxidation sites excluding steroid dienone is 1. The van der Waals surface area contributed by atoms with Crippen molar-refractivity contribution in [1.29, 1.82) is 0 Å². The van der Waals surface area contributed by atoms with Gasteiger partial charge in [0, 0.05) is 24.6 Å². The number of hydrogen-bond acceptors (Lipinski definition) is 3. The highest BCUT2D eigenvalue weighted by atomic mass is 35.5. The van der Waals surface area contributed by atoms with Gasteiger partial charge >= 0.3 is 5.97 Å². The van der Waals surface area contributed by atoms with Crippen LogP contribution in [0, 0.1) is 34.5 Å². The number of esters is 1. The Bertz CT molecular complexity index is 685. The van der Waals surface area contributed by atoms with Crippen LogP contribution in [0.25, 0.3) is 0 Å². The summed E-state index contributed by atoms with van der Waals surface area (Å²) in [6.45, 7) is 8.02. The van der Waals surface area contributed by atoms with Crippen molar-refractivity contribution < 1.29 is 14.3 Å². The molecule has 150 valence electrons. The van der Waals surface area contributed by atoms with Crippen LogP contribution >= 0.6 is 11.6 Å².